The second-order valence-corrected chi connectivity index (χ2v) is 8.71. The molecule has 1 amide bonds. The summed E-state index contributed by atoms with van der Waals surface area (Å²) in [5, 5.41) is 3.37. The lowest BCUT2D eigenvalue weighted by atomic mass is 9.88. The molecule has 0 bridgehead atoms. The molecule has 1 N–H and O–H groups in total. The zero-order chi connectivity index (χ0) is 22.2. The van der Waals surface area contributed by atoms with Crippen LogP contribution < -0.4 is 5.32 Å². The number of carbonyl (C=O) groups excluding carboxylic acids is 1. The van der Waals surface area contributed by atoms with Crippen LogP contribution in [0.1, 0.15) is 35.1 Å². The minimum Gasteiger partial charge on any atom is -0.348 e. The molecule has 1 aliphatic heterocycles. The number of hydrogen-bond donors (Lipinski definition) is 1. The van der Waals surface area contributed by atoms with E-state index < -0.39 is 0 Å². The number of amides is 1. The number of benzene rings is 3. The Morgan fingerprint density at radius 1 is 0.750 bits per heavy atom. The summed E-state index contributed by atoms with van der Waals surface area (Å²) in [7, 11) is 2.17. The molecule has 1 atom stereocenters. The molecule has 1 unspecified atom stereocenters. The largest absolute Gasteiger partial charge is 0.348 e. The molecular formula is C28H33N3O. The van der Waals surface area contributed by atoms with Crippen LogP contribution in [0, 0.1) is 0 Å². The van der Waals surface area contributed by atoms with Gasteiger partial charge >= 0.3 is 0 Å². The van der Waals surface area contributed by atoms with Crippen LogP contribution in [0.3, 0.4) is 0 Å². The van der Waals surface area contributed by atoms with E-state index in [0.29, 0.717) is 6.42 Å². The number of nitrogens with one attached hydrogen (secondary N) is 1. The number of rotatable bonds is 8. The highest BCUT2D eigenvalue weighted by molar-refractivity contribution is 5.78. The quantitative estimate of drug-likeness (QED) is 0.582. The maximum atomic E-state index is 13.3. The molecule has 0 spiro atoms. The maximum absolute atomic E-state index is 13.3. The summed E-state index contributed by atoms with van der Waals surface area (Å²) < 4.78 is 0. The molecule has 0 radical (unpaired) electrons. The third-order valence-electron chi connectivity index (χ3n) is 6.37. The highest BCUT2D eigenvalue weighted by atomic mass is 16.1. The second-order valence-electron chi connectivity index (χ2n) is 8.71. The molecule has 3 aromatic rings. The molecule has 4 rings (SSSR count). The molecule has 1 heterocycles. The van der Waals surface area contributed by atoms with Crippen molar-refractivity contribution in [2.24, 2.45) is 0 Å². The fourth-order valence-electron chi connectivity index (χ4n) is 4.45. The van der Waals surface area contributed by atoms with Crippen molar-refractivity contribution < 1.29 is 4.79 Å². The lowest BCUT2D eigenvalue weighted by Gasteiger charge is -2.35. The van der Waals surface area contributed by atoms with E-state index in [1.54, 1.807) is 0 Å². The molecule has 3 aromatic carbocycles. The minimum atomic E-state index is -0.0145. The highest BCUT2D eigenvalue weighted by Crippen LogP contribution is 2.28. The monoisotopic (exact) mass is 427 g/mol. The van der Waals surface area contributed by atoms with Crippen LogP contribution in [0.25, 0.3) is 0 Å². The number of likely N-dealkylation sites (N-methyl/N-ethyl adjacent to an activating group) is 1. The molecule has 1 fully saturated rings. The predicted octanol–water partition coefficient (Wildman–Crippen LogP) is 4.31. The lowest BCUT2D eigenvalue weighted by molar-refractivity contribution is -0.122. The topological polar surface area (TPSA) is 35.6 Å². The van der Waals surface area contributed by atoms with E-state index in [-0.39, 0.29) is 17.9 Å². The fourth-order valence-corrected chi connectivity index (χ4v) is 4.45. The first-order valence-electron chi connectivity index (χ1n) is 11.5. The number of carbonyl (C=O) groups is 1. The lowest BCUT2D eigenvalue weighted by Crippen LogP contribution is -2.48. The van der Waals surface area contributed by atoms with E-state index in [4.69, 9.17) is 0 Å². The van der Waals surface area contributed by atoms with Crippen molar-refractivity contribution >= 4 is 5.91 Å². The summed E-state index contributed by atoms with van der Waals surface area (Å²) in [4.78, 5) is 18.2. The molecule has 0 aliphatic carbocycles. The number of piperazine rings is 1. The van der Waals surface area contributed by atoms with Crippen LogP contribution in [0.4, 0.5) is 0 Å². The Bertz CT molecular complexity index is 914. The van der Waals surface area contributed by atoms with E-state index >= 15 is 0 Å². The van der Waals surface area contributed by atoms with Gasteiger partial charge in [0.05, 0.1) is 6.04 Å². The Labute approximate surface area is 191 Å². The molecule has 32 heavy (non-hydrogen) atoms. The van der Waals surface area contributed by atoms with Gasteiger partial charge in [0.25, 0.3) is 0 Å². The molecular weight excluding hydrogens is 394 g/mol. The van der Waals surface area contributed by atoms with Gasteiger partial charge in [-0.2, -0.15) is 0 Å². The smallest absolute Gasteiger partial charge is 0.221 e. The first-order chi connectivity index (χ1) is 15.7. The van der Waals surface area contributed by atoms with Gasteiger partial charge in [0, 0.05) is 45.1 Å². The van der Waals surface area contributed by atoms with Crippen LogP contribution in [-0.4, -0.2) is 55.5 Å². The van der Waals surface area contributed by atoms with Crippen molar-refractivity contribution in [1.82, 2.24) is 15.1 Å². The summed E-state index contributed by atoms with van der Waals surface area (Å²) in [6.45, 7) is 5.04. The molecule has 0 aromatic heterocycles. The Kier molecular flexibility index (Phi) is 7.70. The summed E-state index contributed by atoms with van der Waals surface area (Å²) in [5.41, 5.74) is 3.50. The Hall–Kier alpha value is -2.95. The average molecular weight is 428 g/mol. The second kappa shape index (κ2) is 11.1. The van der Waals surface area contributed by atoms with E-state index in [2.05, 4.69) is 70.7 Å². The SMILES string of the molecule is CN1CCN(CC(NC(=O)CC(c2ccccc2)c2ccccc2)c2ccccc2)CC1. The van der Waals surface area contributed by atoms with Crippen molar-refractivity contribution in [3.63, 3.8) is 0 Å². The minimum absolute atomic E-state index is 0.0145. The predicted molar refractivity (Wildman–Crippen MR) is 131 cm³/mol. The van der Waals surface area contributed by atoms with Gasteiger partial charge in [-0.05, 0) is 23.7 Å². The van der Waals surface area contributed by atoms with Gasteiger partial charge in [0.1, 0.15) is 0 Å². The van der Waals surface area contributed by atoms with Gasteiger partial charge in [-0.3, -0.25) is 9.69 Å². The highest BCUT2D eigenvalue weighted by Gasteiger charge is 2.24. The van der Waals surface area contributed by atoms with E-state index in [1.807, 2.05) is 42.5 Å². The first kappa shape index (κ1) is 22.3. The van der Waals surface area contributed by atoms with Crippen LogP contribution in [0.2, 0.25) is 0 Å². The maximum Gasteiger partial charge on any atom is 0.221 e. The van der Waals surface area contributed by atoms with Crippen molar-refractivity contribution in [3.8, 4) is 0 Å². The normalized spacial score (nSPS) is 16.1. The zero-order valence-electron chi connectivity index (χ0n) is 18.9. The van der Waals surface area contributed by atoms with E-state index in [9.17, 15) is 4.79 Å². The molecule has 166 valence electrons. The Morgan fingerprint density at radius 2 is 1.22 bits per heavy atom. The third kappa shape index (κ3) is 6.06. The Morgan fingerprint density at radius 3 is 1.72 bits per heavy atom. The van der Waals surface area contributed by atoms with Crippen molar-refractivity contribution in [2.75, 3.05) is 39.8 Å². The average Bonchev–Trinajstić information content (AvgIpc) is 2.85. The van der Waals surface area contributed by atoms with Crippen LogP contribution in [-0.2, 0) is 4.79 Å². The van der Waals surface area contributed by atoms with E-state index in [1.165, 1.54) is 11.1 Å². The van der Waals surface area contributed by atoms with Crippen LogP contribution >= 0.6 is 0 Å². The number of hydrogen-bond acceptors (Lipinski definition) is 3. The molecule has 1 aliphatic rings. The van der Waals surface area contributed by atoms with Crippen molar-refractivity contribution in [3.05, 3.63) is 108 Å². The first-order valence-corrected chi connectivity index (χ1v) is 11.5. The molecule has 4 heteroatoms. The van der Waals surface area contributed by atoms with Gasteiger partial charge in [-0.1, -0.05) is 91.0 Å². The summed E-state index contributed by atoms with van der Waals surface area (Å²) in [5.74, 6) is 0.128. The van der Waals surface area contributed by atoms with Crippen molar-refractivity contribution in [2.45, 2.75) is 18.4 Å². The molecule has 1 saturated heterocycles. The van der Waals surface area contributed by atoms with Crippen LogP contribution in [0.15, 0.2) is 91.0 Å². The third-order valence-corrected chi connectivity index (χ3v) is 6.37. The fraction of sp³-hybridized carbons (Fsp3) is 0.321. The zero-order valence-corrected chi connectivity index (χ0v) is 18.9. The standard InChI is InChI=1S/C28H33N3O/c1-30-17-19-31(20-18-30)22-27(25-15-9-4-10-16-25)29-28(32)21-26(23-11-5-2-6-12-23)24-13-7-3-8-14-24/h2-16,26-27H,17-22H2,1H3,(H,29,32). The van der Waals surface area contributed by atoms with Gasteiger partial charge in [-0.25, -0.2) is 0 Å². The van der Waals surface area contributed by atoms with Gasteiger partial charge < -0.3 is 10.2 Å². The summed E-state index contributed by atoms with van der Waals surface area (Å²) >= 11 is 0. The summed E-state index contributed by atoms with van der Waals surface area (Å²) in [6.07, 6.45) is 0.431. The summed E-state index contributed by atoms with van der Waals surface area (Å²) in [6, 6.07) is 31.0. The van der Waals surface area contributed by atoms with Gasteiger partial charge in [0.15, 0.2) is 0 Å². The van der Waals surface area contributed by atoms with Crippen molar-refractivity contribution in [1.29, 1.82) is 0 Å². The van der Waals surface area contributed by atoms with E-state index in [0.717, 1.165) is 38.3 Å². The number of nitrogens with zero attached hydrogens (tertiary/aromatic N) is 2. The Balaban J connectivity index is 1.50. The van der Waals surface area contributed by atoms with Gasteiger partial charge in [0.2, 0.25) is 5.91 Å². The van der Waals surface area contributed by atoms with Gasteiger partial charge in [-0.15, -0.1) is 0 Å². The van der Waals surface area contributed by atoms with Crippen LogP contribution in [0.5, 0.6) is 0 Å². The molecule has 4 nitrogen and oxygen atoms in total. The molecule has 0 saturated carbocycles.